The van der Waals surface area contributed by atoms with E-state index in [4.69, 9.17) is 23.2 Å². The summed E-state index contributed by atoms with van der Waals surface area (Å²) >= 11 is 12.0. The highest BCUT2D eigenvalue weighted by Gasteiger charge is 2.20. The fraction of sp³-hybridized carbons (Fsp3) is 0.296. The van der Waals surface area contributed by atoms with Gasteiger partial charge in [-0.2, -0.15) is 0 Å². The van der Waals surface area contributed by atoms with E-state index in [0.717, 1.165) is 28.7 Å². The predicted molar refractivity (Wildman–Crippen MR) is 137 cm³/mol. The van der Waals surface area contributed by atoms with Gasteiger partial charge in [0.25, 0.3) is 0 Å². The van der Waals surface area contributed by atoms with Crippen molar-refractivity contribution in [3.8, 4) is 5.75 Å². The van der Waals surface area contributed by atoms with Crippen molar-refractivity contribution in [3.63, 3.8) is 0 Å². The van der Waals surface area contributed by atoms with Crippen LogP contribution in [0.5, 0.6) is 5.75 Å². The first-order chi connectivity index (χ1) is 16.1. The Morgan fingerprint density at radius 3 is 2.35 bits per heavy atom. The molecular weight excluding hydrogens is 471 g/mol. The lowest BCUT2D eigenvalue weighted by atomic mass is 9.93. The highest BCUT2D eigenvalue weighted by molar-refractivity contribution is 6.42. The minimum Gasteiger partial charge on any atom is -0.508 e. The van der Waals surface area contributed by atoms with E-state index in [0.29, 0.717) is 23.1 Å². The van der Waals surface area contributed by atoms with Crippen molar-refractivity contribution in [1.82, 2.24) is 10.6 Å². The van der Waals surface area contributed by atoms with Crippen LogP contribution in [0, 0.1) is 0 Å². The molecule has 180 valence electrons. The van der Waals surface area contributed by atoms with Crippen LogP contribution in [-0.4, -0.2) is 28.2 Å². The number of aliphatic hydroxyl groups excluding tert-OH is 1. The van der Waals surface area contributed by atoms with E-state index in [-0.39, 0.29) is 23.6 Å². The van der Waals surface area contributed by atoms with Crippen LogP contribution in [0.1, 0.15) is 42.2 Å². The van der Waals surface area contributed by atoms with Crippen LogP contribution in [0.15, 0.2) is 66.7 Å². The maximum absolute atomic E-state index is 12.4. The van der Waals surface area contributed by atoms with Gasteiger partial charge in [0.2, 0.25) is 5.91 Å². The Morgan fingerprint density at radius 2 is 1.65 bits per heavy atom. The Kier molecular flexibility index (Phi) is 8.97. The van der Waals surface area contributed by atoms with Gasteiger partial charge in [-0.25, -0.2) is 0 Å². The monoisotopic (exact) mass is 500 g/mol. The average Bonchev–Trinajstić information content (AvgIpc) is 2.79. The molecule has 0 heterocycles. The Balaban J connectivity index is 1.51. The van der Waals surface area contributed by atoms with Crippen molar-refractivity contribution < 1.29 is 15.0 Å². The van der Waals surface area contributed by atoms with Crippen molar-refractivity contribution in [2.24, 2.45) is 0 Å². The summed E-state index contributed by atoms with van der Waals surface area (Å²) in [5.41, 5.74) is 3.40. The van der Waals surface area contributed by atoms with Crippen LogP contribution < -0.4 is 10.6 Å². The van der Waals surface area contributed by atoms with E-state index in [2.05, 4.69) is 24.5 Å². The molecule has 3 aromatic rings. The first-order valence-electron chi connectivity index (χ1n) is 11.1. The number of hydrogen-bond acceptors (Lipinski definition) is 4. The lowest BCUT2D eigenvalue weighted by Crippen LogP contribution is -2.43. The first kappa shape index (κ1) is 26.0. The summed E-state index contributed by atoms with van der Waals surface area (Å²) in [6, 6.07) is 19.8. The Bertz CT molecular complexity index is 1120. The highest BCUT2D eigenvalue weighted by atomic mass is 35.5. The summed E-state index contributed by atoms with van der Waals surface area (Å²) in [5, 5.41) is 27.1. The molecule has 1 unspecified atom stereocenters. The number of nitrogens with one attached hydrogen (secondary N) is 2. The van der Waals surface area contributed by atoms with Gasteiger partial charge in [-0.1, -0.05) is 65.7 Å². The zero-order valence-electron chi connectivity index (χ0n) is 19.3. The molecule has 0 radical (unpaired) electrons. The lowest BCUT2D eigenvalue weighted by molar-refractivity contribution is -0.120. The largest absolute Gasteiger partial charge is 0.508 e. The van der Waals surface area contributed by atoms with E-state index in [1.807, 2.05) is 30.3 Å². The van der Waals surface area contributed by atoms with Crippen LogP contribution in [0.25, 0.3) is 0 Å². The average molecular weight is 501 g/mol. The van der Waals surface area contributed by atoms with Crippen LogP contribution in [-0.2, 0) is 24.2 Å². The van der Waals surface area contributed by atoms with E-state index in [1.165, 1.54) is 0 Å². The van der Waals surface area contributed by atoms with Crippen molar-refractivity contribution in [1.29, 1.82) is 0 Å². The second-order valence-corrected chi connectivity index (χ2v) is 9.89. The van der Waals surface area contributed by atoms with Gasteiger partial charge in [0.05, 0.1) is 22.6 Å². The third kappa shape index (κ3) is 8.03. The smallest absolute Gasteiger partial charge is 0.224 e. The molecule has 1 atom stereocenters. The van der Waals surface area contributed by atoms with Crippen molar-refractivity contribution in [3.05, 3.63) is 99.0 Å². The molecule has 0 aliphatic carbocycles. The maximum atomic E-state index is 12.4. The molecule has 5 nitrogen and oxygen atoms in total. The quantitative estimate of drug-likeness (QED) is 0.308. The standard InChI is InChI=1S/C27H30Cl2N2O3/c1-27(2,31-17-25(33)21-7-9-22(32)10-8-21)15-19-5-3-4-18(12-19)14-26(34)30-16-20-6-11-23(28)24(29)13-20/h3-13,25,31-33H,14-17H2,1-2H3,(H,30,34). The zero-order chi connectivity index (χ0) is 24.7. The summed E-state index contributed by atoms with van der Waals surface area (Å²) in [6.45, 7) is 4.92. The topological polar surface area (TPSA) is 81.6 Å². The van der Waals surface area contributed by atoms with Gasteiger partial charge in [0.15, 0.2) is 0 Å². The van der Waals surface area contributed by atoms with Gasteiger partial charge in [0.1, 0.15) is 5.75 Å². The molecule has 7 heteroatoms. The summed E-state index contributed by atoms with van der Waals surface area (Å²) in [5.74, 6) is 0.102. The minimum atomic E-state index is -0.676. The van der Waals surface area contributed by atoms with E-state index < -0.39 is 6.10 Å². The SMILES string of the molecule is CC(C)(Cc1cccc(CC(=O)NCc2ccc(Cl)c(Cl)c2)c1)NCC(O)c1ccc(O)cc1. The molecular formula is C27H30Cl2N2O3. The van der Waals surface area contributed by atoms with Crippen LogP contribution in [0.4, 0.5) is 0 Å². The zero-order valence-corrected chi connectivity index (χ0v) is 20.8. The summed E-state index contributed by atoms with van der Waals surface area (Å²) < 4.78 is 0. The van der Waals surface area contributed by atoms with Gasteiger partial charge in [0, 0.05) is 18.6 Å². The number of carbonyl (C=O) groups excluding carboxylic acids is 1. The van der Waals surface area contributed by atoms with Crippen molar-refractivity contribution in [2.45, 2.75) is 44.9 Å². The number of benzene rings is 3. The van der Waals surface area contributed by atoms with Gasteiger partial charge < -0.3 is 20.8 Å². The van der Waals surface area contributed by atoms with Crippen LogP contribution >= 0.6 is 23.2 Å². The molecule has 3 rings (SSSR count). The van der Waals surface area contributed by atoms with Gasteiger partial charge in [-0.15, -0.1) is 0 Å². The van der Waals surface area contributed by atoms with E-state index in [9.17, 15) is 15.0 Å². The number of carbonyl (C=O) groups is 1. The van der Waals surface area contributed by atoms with E-state index in [1.54, 1.807) is 36.4 Å². The molecule has 0 aliphatic rings. The number of rotatable bonds is 10. The normalized spacial score (nSPS) is 12.4. The number of aliphatic hydroxyl groups is 1. The molecule has 3 aromatic carbocycles. The fourth-order valence-corrected chi connectivity index (χ4v) is 4.03. The summed E-state index contributed by atoms with van der Waals surface area (Å²) in [6.07, 6.45) is 0.335. The van der Waals surface area contributed by atoms with Crippen LogP contribution in [0.3, 0.4) is 0 Å². The second-order valence-electron chi connectivity index (χ2n) is 9.07. The van der Waals surface area contributed by atoms with Crippen LogP contribution in [0.2, 0.25) is 10.0 Å². The number of amides is 1. The van der Waals surface area contributed by atoms with E-state index >= 15 is 0 Å². The lowest BCUT2D eigenvalue weighted by Gasteiger charge is -2.28. The second kappa shape index (κ2) is 11.7. The van der Waals surface area contributed by atoms with Crippen molar-refractivity contribution in [2.75, 3.05) is 6.54 Å². The molecule has 1 amide bonds. The predicted octanol–water partition coefficient (Wildman–Crippen LogP) is 5.20. The first-order valence-corrected chi connectivity index (χ1v) is 11.9. The molecule has 34 heavy (non-hydrogen) atoms. The van der Waals surface area contributed by atoms with Gasteiger partial charge in [-0.05, 0) is 66.8 Å². The highest BCUT2D eigenvalue weighted by Crippen LogP contribution is 2.23. The van der Waals surface area contributed by atoms with Crippen molar-refractivity contribution >= 4 is 29.1 Å². The number of hydrogen-bond donors (Lipinski definition) is 4. The fourth-order valence-electron chi connectivity index (χ4n) is 3.71. The summed E-state index contributed by atoms with van der Waals surface area (Å²) in [7, 11) is 0. The number of β-amino-alcohol motifs (C(OH)–C–C–N with tert-alkyl or cyclic N) is 1. The minimum absolute atomic E-state index is 0.0716. The van der Waals surface area contributed by atoms with Gasteiger partial charge >= 0.3 is 0 Å². The Labute approximate surface area is 210 Å². The van der Waals surface area contributed by atoms with Gasteiger partial charge in [-0.3, -0.25) is 4.79 Å². The third-order valence-electron chi connectivity index (χ3n) is 5.53. The molecule has 0 bridgehead atoms. The molecule has 4 N–H and O–H groups in total. The summed E-state index contributed by atoms with van der Waals surface area (Å²) in [4.78, 5) is 12.4. The number of phenolic OH excluding ortho intramolecular Hbond substituents is 1. The molecule has 0 spiro atoms. The molecule has 0 saturated heterocycles. The Hall–Kier alpha value is -2.57. The number of halogens is 2. The number of phenols is 1. The number of aromatic hydroxyl groups is 1. The Morgan fingerprint density at radius 1 is 0.941 bits per heavy atom. The molecule has 0 aliphatic heterocycles. The maximum Gasteiger partial charge on any atom is 0.224 e. The molecule has 0 aromatic heterocycles. The molecule has 0 saturated carbocycles. The third-order valence-corrected chi connectivity index (χ3v) is 6.27. The molecule has 0 fully saturated rings.